The van der Waals surface area contributed by atoms with Gasteiger partial charge in [-0.15, -0.1) is 0 Å². The van der Waals surface area contributed by atoms with Gasteiger partial charge in [0.2, 0.25) is 5.91 Å². The van der Waals surface area contributed by atoms with Gasteiger partial charge in [-0.2, -0.15) is 0 Å². The molecule has 1 saturated heterocycles. The zero-order valence-electron chi connectivity index (χ0n) is 11.7. The lowest BCUT2D eigenvalue weighted by Gasteiger charge is -2.14. The number of carbonyl (C=O) groups excluding carboxylic acids is 1. The van der Waals surface area contributed by atoms with E-state index in [4.69, 9.17) is 0 Å². The van der Waals surface area contributed by atoms with Crippen molar-refractivity contribution in [1.82, 2.24) is 10.2 Å². The van der Waals surface area contributed by atoms with Gasteiger partial charge >= 0.3 is 0 Å². The standard InChI is InChI=1S/C15H22BrN3O/c16-13-4-6-14(7-5-13)18-15(20)12-17-8-3-11-19-9-1-2-10-19/h4-7,17H,1-3,8-12H2,(H,18,20). The fraction of sp³-hybridized carbons (Fsp3) is 0.533. The van der Waals surface area contributed by atoms with Crippen LogP contribution in [0.3, 0.4) is 0 Å². The Morgan fingerprint density at radius 2 is 1.90 bits per heavy atom. The van der Waals surface area contributed by atoms with Crippen molar-refractivity contribution in [2.75, 3.05) is 38.0 Å². The maximum absolute atomic E-state index is 11.7. The highest BCUT2D eigenvalue weighted by molar-refractivity contribution is 9.10. The summed E-state index contributed by atoms with van der Waals surface area (Å²) in [6.45, 7) is 4.88. The molecule has 1 aliphatic rings. The number of benzene rings is 1. The van der Waals surface area contributed by atoms with E-state index in [-0.39, 0.29) is 5.91 Å². The third-order valence-corrected chi connectivity index (χ3v) is 3.97. The molecule has 1 fully saturated rings. The van der Waals surface area contributed by atoms with Crippen molar-refractivity contribution in [3.05, 3.63) is 28.7 Å². The molecule has 1 aromatic rings. The van der Waals surface area contributed by atoms with Crippen molar-refractivity contribution in [2.45, 2.75) is 19.3 Å². The Bertz CT molecular complexity index is 416. The minimum atomic E-state index is 0.00787. The van der Waals surface area contributed by atoms with E-state index in [2.05, 4.69) is 31.5 Å². The van der Waals surface area contributed by atoms with Crippen molar-refractivity contribution in [3.8, 4) is 0 Å². The van der Waals surface area contributed by atoms with Gasteiger partial charge in [-0.25, -0.2) is 0 Å². The summed E-state index contributed by atoms with van der Waals surface area (Å²) in [5.74, 6) is 0.00787. The largest absolute Gasteiger partial charge is 0.325 e. The van der Waals surface area contributed by atoms with Crippen LogP contribution in [0.1, 0.15) is 19.3 Å². The van der Waals surface area contributed by atoms with Gasteiger partial charge in [0.15, 0.2) is 0 Å². The Morgan fingerprint density at radius 3 is 2.60 bits per heavy atom. The highest BCUT2D eigenvalue weighted by Crippen LogP contribution is 2.13. The number of likely N-dealkylation sites (tertiary alicyclic amines) is 1. The van der Waals surface area contributed by atoms with E-state index in [1.807, 2.05) is 24.3 Å². The van der Waals surface area contributed by atoms with Gasteiger partial charge in [0.1, 0.15) is 0 Å². The molecule has 5 heteroatoms. The van der Waals surface area contributed by atoms with Crippen LogP contribution in [0.15, 0.2) is 28.7 Å². The Labute approximate surface area is 129 Å². The second-order valence-corrected chi connectivity index (χ2v) is 6.05. The van der Waals surface area contributed by atoms with E-state index in [0.29, 0.717) is 6.54 Å². The minimum Gasteiger partial charge on any atom is -0.325 e. The molecule has 1 heterocycles. The Balaban J connectivity index is 1.54. The van der Waals surface area contributed by atoms with Gasteiger partial charge < -0.3 is 15.5 Å². The predicted octanol–water partition coefficient (Wildman–Crippen LogP) is 2.46. The maximum Gasteiger partial charge on any atom is 0.238 e. The Kier molecular flexibility index (Phi) is 6.50. The van der Waals surface area contributed by atoms with Crippen molar-refractivity contribution in [2.24, 2.45) is 0 Å². The molecule has 0 bridgehead atoms. The Hall–Kier alpha value is -0.910. The maximum atomic E-state index is 11.7. The van der Waals surface area contributed by atoms with Crippen LogP contribution < -0.4 is 10.6 Å². The zero-order chi connectivity index (χ0) is 14.2. The average molecular weight is 340 g/mol. The number of rotatable bonds is 7. The number of amides is 1. The molecular weight excluding hydrogens is 318 g/mol. The van der Waals surface area contributed by atoms with Crippen LogP contribution in [-0.2, 0) is 4.79 Å². The molecule has 2 N–H and O–H groups in total. The summed E-state index contributed by atoms with van der Waals surface area (Å²) in [6, 6.07) is 7.60. The van der Waals surface area contributed by atoms with Crippen molar-refractivity contribution < 1.29 is 4.79 Å². The van der Waals surface area contributed by atoms with E-state index in [1.165, 1.54) is 25.9 Å². The molecule has 1 aliphatic heterocycles. The van der Waals surface area contributed by atoms with Crippen LogP contribution in [0.2, 0.25) is 0 Å². The molecule has 4 nitrogen and oxygen atoms in total. The lowest BCUT2D eigenvalue weighted by atomic mass is 10.3. The van der Waals surface area contributed by atoms with Gasteiger partial charge in [-0.1, -0.05) is 15.9 Å². The summed E-state index contributed by atoms with van der Waals surface area (Å²) >= 11 is 3.37. The topological polar surface area (TPSA) is 44.4 Å². The van der Waals surface area contributed by atoms with Crippen molar-refractivity contribution >= 4 is 27.5 Å². The fourth-order valence-electron chi connectivity index (χ4n) is 2.37. The number of anilines is 1. The number of hydrogen-bond donors (Lipinski definition) is 2. The summed E-state index contributed by atoms with van der Waals surface area (Å²) in [6.07, 6.45) is 3.78. The van der Waals surface area contributed by atoms with E-state index < -0.39 is 0 Å². The molecule has 20 heavy (non-hydrogen) atoms. The number of nitrogens with one attached hydrogen (secondary N) is 2. The zero-order valence-corrected chi connectivity index (χ0v) is 13.3. The van der Waals surface area contributed by atoms with Crippen LogP contribution in [0.25, 0.3) is 0 Å². The lowest BCUT2D eigenvalue weighted by molar-refractivity contribution is -0.115. The molecule has 0 unspecified atom stereocenters. The molecule has 1 amide bonds. The summed E-state index contributed by atoms with van der Waals surface area (Å²) in [5, 5.41) is 6.06. The first-order valence-electron chi connectivity index (χ1n) is 7.22. The second-order valence-electron chi connectivity index (χ2n) is 5.13. The first kappa shape index (κ1) is 15.5. The monoisotopic (exact) mass is 339 g/mol. The second kappa shape index (κ2) is 8.39. The highest BCUT2D eigenvalue weighted by Gasteiger charge is 2.10. The molecule has 0 spiro atoms. The number of carbonyl (C=O) groups is 1. The molecule has 110 valence electrons. The molecule has 1 aromatic carbocycles. The third-order valence-electron chi connectivity index (χ3n) is 3.44. The fourth-order valence-corrected chi connectivity index (χ4v) is 2.64. The van der Waals surface area contributed by atoms with Crippen LogP contribution in [0.4, 0.5) is 5.69 Å². The number of nitrogens with zero attached hydrogens (tertiary/aromatic N) is 1. The van der Waals surface area contributed by atoms with Gasteiger partial charge in [-0.3, -0.25) is 4.79 Å². The van der Waals surface area contributed by atoms with Crippen LogP contribution in [0, 0.1) is 0 Å². The lowest BCUT2D eigenvalue weighted by Crippen LogP contribution is -2.30. The van der Waals surface area contributed by atoms with E-state index >= 15 is 0 Å². The van der Waals surface area contributed by atoms with Crippen LogP contribution in [-0.4, -0.2) is 43.5 Å². The molecule has 0 aromatic heterocycles. The first-order valence-corrected chi connectivity index (χ1v) is 8.02. The highest BCUT2D eigenvalue weighted by atomic mass is 79.9. The normalized spacial score (nSPS) is 15.4. The van der Waals surface area contributed by atoms with Gasteiger partial charge in [-0.05, 0) is 69.7 Å². The van der Waals surface area contributed by atoms with Crippen molar-refractivity contribution in [1.29, 1.82) is 0 Å². The Morgan fingerprint density at radius 1 is 1.20 bits per heavy atom. The third kappa shape index (κ3) is 5.61. The summed E-state index contributed by atoms with van der Waals surface area (Å²) in [5.41, 5.74) is 0.831. The van der Waals surface area contributed by atoms with E-state index in [9.17, 15) is 4.79 Å². The molecule has 0 saturated carbocycles. The molecule has 0 atom stereocenters. The van der Waals surface area contributed by atoms with Gasteiger partial charge in [0, 0.05) is 10.2 Å². The minimum absolute atomic E-state index is 0.00787. The number of halogens is 1. The molecule has 0 radical (unpaired) electrons. The smallest absolute Gasteiger partial charge is 0.238 e. The summed E-state index contributed by atoms with van der Waals surface area (Å²) < 4.78 is 1.01. The molecule has 0 aliphatic carbocycles. The van der Waals surface area contributed by atoms with Crippen LogP contribution >= 0.6 is 15.9 Å². The first-order chi connectivity index (χ1) is 9.74. The molecule has 2 rings (SSSR count). The predicted molar refractivity (Wildman–Crippen MR) is 85.9 cm³/mol. The molecular formula is C15H22BrN3O. The van der Waals surface area contributed by atoms with Gasteiger partial charge in [0.25, 0.3) is 0 Å². The quantitative estimate of drug-likeness (QED) is 0.750. The van der Waals surface area contributed by atoms with Crippen LogP contribution in [0.5, 0.6) is 0 Å². The van der Waals surface area contributed by atoms with Crippen molar-refractivity contribution in [3.63, 3.8) is 0 Å². The SMILES string of the molecule is O=C(CNCCCN1CCCC1)Nc1ccc(Br)cc1. The summed E-state index contributed by atoms with van der Waals surface area (Å²) in [7, 11) is 0. The summed E-state index contributed by atoms with van der Waals surface area (Å²) in [4.78, 5) is 14.2. The van der Waals surface area contributed by atoms with Gasteiger partial charge in [0.05, 0.1) is 6.54 Å². The number of hydrogen-bond acceptors (Lipinski definition) is 3. The van der Waals surface area contributed by atoms with E-state index in [0.717, 1.165) is 29.7 Å². The van der Waals surface area contributed by atoms with E-state index in [1.54, 1.807) is 0 Å². The average Bonchev–Trinajstić information content (AvgIpc) is 2.94.